The molecule has 2 fully saturated rings. The maximum absolute atomic E-state index is 13.5. The van der Waals surface area contributed by atoms with E-state index in [0.717, 1.165) is 64.0 Å². The van der Waals surface area contributed by atoms with E-state index in [1.54, 1.807) is 36.4 Å². The molecule has 0 saturated carbocycles. The van der Waals surface area contributed by atoms with Crippen LogP contribution in [0.2, 0.25) is 5.02 Å². The molecule has 4 aliphatic rings. The zero-order chi connectivity index (χ0) is 29.7. The van der Waals surface area contributed by atoms with Crippen LogP contribution in [0.4, 0.5) is 0 Å². The van der Waals surface area contributed by atoms with Crippen molar-refractivity contribution in [3.63, 3.8) is 0 Å². The lowest BCUT2D eigenvalue weighted by Gasteiger charge is -2.47. The Labute approximate surface area is 258 Å². The monoisotopic (exact) mass is 621 g/mol. The summed E-state index contributed by atoms with van der Waals surface area (Å²) < 4.78 is 37.7. The van der Waals surface area contributed by atoms with Crippen LogP contribution in [0.3, 0.4) is 0 Å². The molecule has 1 aliphatic carbocycles. The summed E-state index contributed by atoms with van der Waals surface area (Å²) in [6, 6.07) is 18.9. The fourth-order valence-electron chi connectivity index (χ4n) is 7.30. The van der Waals surface area contributed by atoms with Crippen molar-refractivity contribution in [1.29, 1.82) is 0 Å². The summed E-state index contributed by atoms with van der Waals surface area (Å²) in [5.41, 5.74) is 2.95. The predicted molar refractivity (Wildman–Crippen MR) is 164 cm³/mol. The van der Waals surface area contributed by atoms with Crippen molar-refractivity contribution in [2.75, 3.05) is 39.5 Å². The molecular formula is C33H36ClN3O5S. The Morgan fingerprint density at radius 3 is 2.42 bits per heavy atom. The third-order valence-corrected chi connectivity index (χ3v) is 11.7. The van der Waals surface area contributed by atoms with Crippen molar-refractivity contribution >= 4 is 27.3 Å². The Balaban J connectivity index is 0.983. The molecule has 226 valence electrons. The summed E-state index contributed by atoms with van der Waals surface area (Å²) in [5, 5.41) is 0.510. The Kier molecular flexibility index (Phi) is 7.62. The molecule has 43 heavy (non-hydrogen) atoms. The topological polar surface area (TPSA) is 79.4 Å². The van der Waals surface area contributed by atoms with Crippen LogP contribution in [0, 0.1) is 0 Å². The SMILES string of the molecule is C[C@@H]1CN(C2CCN(C(=O)c3ccccc3Cl)CC2)CCN1C1CCc2cc(S(=O)(=O)c3ccc4c(c3)OCO4)ccc21. The number of nitrogens with zero attached hydrogens (tertiary/aromatic N) is 3. The average Bonchev–Trinajstić information content (AvgIpc) is 3.67. The molecule has 0 N–H and O–H groups in total. The number of aryl methyl sites for hydroxylation is 1. The second kappa shape index (κ2) is 11.4. The van der Waals surface area contributed by atoms with E-state index in [2.05, 4.69) is 16.7 Å². The van der Waals surface area contributed by atoms with Gasteiger partial charge in [-0.25, -0.2) is 8.42 Å². The fraction of sp³-hybridized carbons (Fsp3) is 0.424. The number of amides is 1. The van der Waals surface area contributed by atoms with Gasteiger partial charge in [0.2, 0.25) is 16.6 Å². The predicted octanol–water partition coefficient (Wildman–Crippen LogP) is 5.20. The van der Waals surface area contributed by atoms with Gasteiger partial charge in [0.15, 0.2) is 11.5 Å². The lowest BCUT2D eigenvalue weighted by molar-refractivity contribution is 0.0104. The van der Waals surface area contributed by atoms with Crippen LogP contribution in [-0.4, -0.2) is 80.6 Å². The molecule has 2 atom stereocenters. The van der Waals surface area contributed by atoms with Crippen LogP contribution >= 0.6 is 11.6 Å². The van der Waals surface area contributed by atoms with E-state index in [1.807, 2.05) is 29.2 Å². The molecule has 0 bridgehead atoms. The van der Waals surface area contributed by atoms with Crippen LogP contribution in [0.5, 0.6) is 11.5 Å². The number of piperazine rings is 1. The number of sulfone groups is 1. The molecule has 8 nitrogen and oxygen atoms in total. The van der Waals surface area contributed by atoms with Gasteiger partial charge in [-0.2, -0.15) is 0 Å². The molecule has 10 heteroatoms. The van der Waals surface area contributed by atoms with Gasteiger partial charge in [0.1, 0.15) is 0 Å². The van der Waals surface area contributed by atoms with Crippen molar-refractivity contribution in [3.05, 3.63) is 82.4 Å². The van der Waals surface area contributed by atoms with Crippen molar-refractivity contribution in [2.24, 2.45) is 0 Å². The van der Waals surface area contributed by atoms with Gasteiger partial charge >= 0.3 is 0 Å². The number of rotatable bonds is 5. The molecule has 2 saturated heterocycles. The zero-order valence-electron chi connectivity index (χ0n) is 24.2. The van der Waals surface area contributed by atoms with Crippen LogP contribution in [0.1, 0.15) is 53.7 Å². The standard InChI is InChI=1S/C33H36ClN3O5S/c1-22-20-36(24-12-14-35(15-13-24)33(38)28-4-2-3-5-29(28)34)16-17-37(22)30-10-6-23-18-25(7-9-27(23)30)43(39,40)26-8-11-31-32(19-26)42-21-41-31/h2-5,7-9,11,18-19,22,24,30H,6,10,12-17,20-21H2,1H3/t22-,30?/m1/s1. The van der Waals surface area contributed by atoms with Gasteiger partial charge in [-0.3, -0.25) is 14.6 Å². The summed E-state index contributed by atoms with van der Waals surface area (Å²) in [7, 11) is -3.67. The van der Waals surface area contributed by atoms with E-state index in [0.29, 0.717) is 45.1 Å². The number of fused-ring (bicyclic) bond motifs is 2. The summed E-state index contributed by atoms with van der Waals surface area (Å²) in [4.78, 5) is 20.7. The molecule has 1 unspecified atom stereocenters. The minimum Gasteiger partial charge on any atom is -0.454 e. The summed E-state index contributed by atoms with van der Waals surface area (Å²) in [6.45, 7) is 6.87. The molecule has 3 aromatic carbocycles. The van der Waals surface area contributed by atoms with Gasteiger partial charge in [-0.15, -0.1) is 0 Å². The number of hydrogen-bond donors (Lipinski definition) is 0. The first kappa shape index (κ1) is 28.6. The molecule has 7 rings (SSSR count). The number of carbonyl (C=O) groups is 1. The Hall–Kier alpha value is -3.11. The van der Waals surface area contributed by atoms with E-state index >= 15 is 0 Å². The molecule has 0 aromatic heterocycles. The van der Waals surface area contributed by atoms with Crippen molar-refractivity contribution in [1.82, 2.24) is 14.7 Å². The van der Waals surface area contributed by atoms with E-state index in [-0.39, 0.29) is 17.6 Å². The molecule has 3 aliphatic heterocycles. The minimum absolute atomic E-state index is 0.0222. The highest BCUT2D eigenvalue weighted by atomic mass is 35.5. The highest BCUT2D eigenvalue weighted by Crippen LogP contribution is 2.41. The second-order valence-electron chi connectivity index (χ2n) is 12.0. The molecule has 1 amide bonds. The smallest absolute Gasteiger partial charge is 0.255 e. The van der Waals surface area contributed by atoms with E-state index in [1.165, 1.54) is 5.56 Å². The molecule has 3 aromatic rings. The van der Waals surface area contributed by atoms with Crippen molar-refractivity contribution < 1.29 is 22.7 Å². The Morgan fingerprint density at radius 1 is 0.884 bits per heavy atom. The van der Waals surface area contributed by atoms with Gasteiger partial charge in [-0.05, 0) is 80.1 Å². The average molecular weight is 622 g/mol. The first-order valence-corrected chi connectivity index (χ1v) is 17.0. The van der Waals surface area contributed by atoms with Gasteiger partial charge in [-0.1, -0.05) is 29.8 Å². The van der Waals surface area contributed by atoms with E-state index in [4.69, 9.17) is 21.1 Å². The lowest BCUT2D eigenvalue weighted by atomic mass is 9.98. The van der Waals surface area contributed by atoms with Gasteiger partial charge in [0.05, 0.1) is 20.4 Å². The Bertz CT molecular complexity index is 1660. The van der Waals surface area contributed by atoms with Gasteiger partial charge < -0.3 is 14.4 Å². The van der Waals surface area contributed by atoms with Crippen molar-refractivity contribution in [2.45, 2.75) is 60.5 Å². The molecule has 0 spiro atoms. The maximum atomic E-state index is 13.5. The Morgan fingerprint density at radius 2 is 1.63 bits per heavy atom. The third kappa shape index (κ3) is 5.30. The van der Waals surface area contributed by atoms with Crippen LogP contribution in [0.25, 0.3) is 0 Å². The second-order valence-corrected chi connectivity index (χ2v) is 14.4. The molecule has 3 heterocycles. The minimum atomic E-state index is -3.67. The number of ether oxygens (including phenoxy) is 2. The van der Waals surface area contributed by atoms with Crippen LogP contribution in [0.15, 0.2) is 70.5 Å². The first-order chi connectivity index (χ1) is 20.8. The summed E-state index contributed by atoms with van der Waals surface area (Å²) in [6.07, 6.45) is 3.80. The first-order valence-electron chi connectivity index (χ1n) is 15.1. The van der Waals surface area contributed by atoms with Gasteiger partial charge in [0.25, 0.3) is 5.91 Å². The van der Waals surface area contributed by atoms with Crippen LogP contribution in [-0.2, 0) is 16.3 Å². The third-order valence-electron chi connectivity index (χ3n) is 9.61. The molecule has 0 radical (unpaired) electrons. The van der Waals surface area contributed by atoms with Crippen LogP contribution < -0.4 is 9.47 Å². The zero-order valence-corrected chi connectivity index (χ0v) is 25.8. The number of benzene rings is 3. The lowest BCUT2D eigenvalue weighted by Crippen LogP contribution is -2.57. The van der Waals surface area contributed by atoms with E-state index in [9.17, 15) is 13.2 Å². The largest absolute Gasteiger partial charge is 0.454 e. The van der Waals surface area contributed by atoms with Crippen molar-refractivity contribution in [3.8, 4) is 11.5 Å². The molecular weight excluding hydrogens is 586 g/mol. The van der Waals surface area contributed by atoms with E-state index < -0.39 is 9.84 Å². The summed E-state index contributed by atoms with van der Waals surface area (Å²) >= 11 is 6.28. The maximum Gasteiger partial charge on any atom is 0.255 e. The number of hydrogen-bond acceptors (Lipinski definition) is 7. The number of halogens is 1. The highest BCUT2D eigenvalue weighted by Gasteiger charge is 2.37. The number of carbonyl (C=O) groups excluding carboxylic acids is 1. The van der Waals surface area contributed by atoms with Gasteiger partial charge in [0, 0.05) is 56.9 Å². The number of piperidine rings is 1. The number of likely N-dealkylation sites (tertiary alicyclic amines) is 1. The highest BCUT2D eigenvalue weighted by molar-refractivity contribution is 7.91. The quantitative estimate of drug-likeness (QED) is 0.388. The fourth-order valence-corrected chi connectivity index (χ4v) is 8.84. The summed E-state index contributed by atoms with van der Waals surface area (Å²) in [5.74, 6) is 1.06. The normalized spacial score (nSPS) is 23.0.